The summed E-state index contributed by atoms with van der Waals surface area (Å²) in [6.45, 7) is 11.6. The van der Waals surface area contributed by atoms with Crippen molar-refractivity contribution in [1.29, 1.82) is 0 Å². The number of amides is 1. The zero-order valence-electron chi connectivity index (χ0n) is 19.4. The van der Waals surface area contributed by atoms with Gasteiger partial charge in [-0.05, 0) is 93.6 Å². The molecule has 5 nitrogen and oxygen atoms in total. The van der Waals surface area contributed by atoms with Crippen molar-refractivity contribution in [1.82, 2.24) is 5.32 Å². The van der Waals surface area contributed by atoms with Crippen LogP contribution in [0.4, 0.5) is 5.69 Å². The van der Waals surface area contributed by atoms with E-state index in [-0.39, 0.29) is 16.8 Å². The lowest BCUT2D eigenvalue weighted by Crippen LogP contribution is -2.27. The van der Waals surface area contributed by atoms with Crippen molar-refractivity contribution < 1.29 is 13.2 Å². The number of sulfonamides is 1. The minimum absolute atomic E-state index is 0.0857. The van der Waals surface area contributed by atoms with Gasteiger partial charge in [-0.1, -0.05) is 35.9 Å². The van der Waals surface area contributed by atoms with E-state index in [1.807, 2.05) is 52.8 Å². The Hall–Kier alpha value is -3.12. The highest BCUT2D eigenvalue weighted by Gasteiger charge is 2.21. The van der Waals surface area contributed by atoms with Crippen LogP contribution >= 0.6 is 0 Å². The van der Waals surface area contributed by atoms with E-state index in [0.717, 1.165) is 27.8 Å². The molecule has 168 valence electrons. The summed E-state index contributed by atoms with van der Waals surface area (Å²) in [4.78, 5) is 13.0. The Kier molecular flexibility index (Phi) is 6.74. The summed E-state index contributed by atoms with van der Waals surface area (Å²) >= 11 is 0. The Morgan fingerprint density at radius 2 is 1.47 bits per heavy atom. The van der Waals surface area contributed by atoms with Gasteiger partial charge in [-0.25, -0.2) is 8.42 Å². The third kappa shape index (κ3) is 5.19. The van der Waals surface area contributed by atoms with Crippen LogP contribution in [-0.4, -0.2) is 14.3 Å². The highest BCUT2D eigenvalue weighted by atomic mass is 32.2. The molecule has 1 unspecified atom stereocenters. The second kappa shape index (κ2) is 9.17. The number of anilines is 1. The van der Waals surface area contributed by atoms with Gasteiger partial charge >= 0.3 is 0 Å². The summed E-state index contributed by atoms with van der Waals surface area (Å²) in [7, 11) is -3.85. The predicted molar refractivity (Wildman–Crippen MR) is 130 cm³/mol. The van der Waals surface area contributed by atoms with Gasteiger partial charge in [-0.15, -0.1) is 0 Å². The number of aryl methyl sites for hydroxylation is 5. The second-order valence-electron chi connectivity index (χ2n) is 8.44. The molecule has 0 aromatic heterocycles. The lowest BCUT2D eigenvalue weighted by atomic mass is 10.00. The molecule has 1 atom stereocenters. The summed E-state index contributed by atoms with van der Waals surface area (Å²) in [6.07, 6.45) is 0. The van der Waals surface area contributed by atoms with E-state index in [1.165, 1.54) is 6.07 Å². The average Bonchev–Trinajstić information content (AvgIpc) is 2.70. The van der Waals surface area contributed by atoms with Crippen LogP contribution in [0.15, 0.2) is 59.5 Å². The molecule has 0 fully saturated rings. The third-order valence-corrected chi connectivity index (χ3v) is 7.26. The number of benzene rings is 3. The van der Waals surface area contributed by atoms with Crippen LogP contribution < -0.4 is 10.0 Å². The van der Waals surface area contributed by atoms with E-state index in [1.54, 1.807) is 31.2 Å². The molecule has 0 heterocycles. The van der Waals surface area contributed by atoms with Gasteiger partial charge in [0.15, 0.2) is 0 Å². The van der Waals surface area contributed by atoms with Crippen molar-refractivity contribution in [3.63, 3.8) is 0 Å². The number of rotatable bonds is 6. The van der Waals surface area contributed by atoms with Gasteiger partial charge in [0.05, 0.1) is 10.9 Å². The van der Waals surface area contributed by atoms with Gasteiger partial charge in [0.1, 0.15) is 0 Å². The summed E-state index contributed by atoms with van der Waals surface area (Å²) in [5.74, 6) is -0.319. The van der Waals surface area contributed by atoms with Gasteiger partial charge in [0, 0.05) is 11.3 Å². The van der Waals surface area contributed by atoms with Crippen molar-refractivity contribution in [2.45, 2.75) is 52.5 Å². The smallest absolute Gasteiger partial charge is 0.262 e. The molecule has 3 aromatic carbocycles. The third-order valence-electron chi connectivity index (χ3n) is 5.74. The van der Waals surface area contributed by atoms with Crippen LogP contribution in [0.1, 0.15) is 56.7 Å². The molecule has 0 saturated heterocycles. The maximum atomic E-state index is 13.1. The molecule has 32 heavy (non-hydrogen) atoms. The molecule has 6 heteroatoms. The molecule has 3 aromatic rings. The fourth-order valence-corrected chi connectivity index (χ4v) is 5.04. The van der Waals surface area contributed by atoms with Crippen LogP contribution in [0.25, 0.3) is 0 Å². The molecule has 0 spiro atoms. The highest BCUT2D eigenvalue weighted by Crippen LogP contribution is 2.24. The van der Waals surface area contributed by atoms with E-state index in [4.69, 9.17) is 0 Å². The van der Waals surface area contributed by atoms with E-state index >= 15 is 0 Å². The number of nitrogens with one attached hydrogen (secondary N) is 2. The zero-order chi connectivity index (χ0) is 23.6. The highest BCUT2D eigenvalue weighted by molar-refractivity contribution is 7.92. The maximum absolute atomic E-state index is 13.1. The van der Waals surface area contributed by atoms with Crippen LogP contribution in [-0.2, 0) is 10.0 Å². The quantitative estimate of drug-likeness (QED) is 0.519. The van der Waals surface area contributed by atoms with E-state index < -0.39 is 10.0 Å². The van der Waals surface area contributed by atoms with Crippen LogP contribution in [0, 0.1) is 34.6 Å². The van der Waals surface area contributed by atoms with E-state index in [0.29, 0.717) is 16.8 Å². The van der Waals surface area contributed by atoms with Gasteiger partial charge in [-0.3, -0.25) is 9.52 Å². The molecule has 0 saturated carbocycles. The minimum atomic E-state index is -3.85. The molecule has 2 N–H and O–H groups in total. The minimum Gasteiger partial charge on any atom is -0.346 e. The summed E-state index contributed by atoms with van der Waals surface area (Å²) in [5, 5.41) is 2.98. The topological polar surface area (TPSA) is 75.3 Å². The molecule has 0 aliphatic rings. The van der Waals surface area contributed by atoms with Crippen molar-refractivity contribution in [3.05, 3.63) is 93.5 Å². The van der Waals surface area contributed by atoms with Crippen LogP contribution in [0.2, 0.25) is 0 Å². The standard InChI is InChI=1S/C26H30N2O3S/c1-16-7-12-24(20(5)13-16)21(6)27-26(29)22-10-8-18(3)25(15-22)32(30,31)28-23-11-9-17(2)19(4)14-23/h7-15,21,28H,1-6H3,(H,27,29). The summed E-state index contributed by atoms with van der Waals surface area (Å²) < 4.78 is 28.8. The van der Waals surface area contributed by atoms with Crippen LogP contribution in [0.3, 0.4) is 0 Å². The maximum Gasteiger partial charge on any atom is 0.262 e. The number of carbonyl (C=O) groups is 1. The Balaban J connectivity index is 1.85. The Morgan fingerprint density at radius 3 is 2.12 bits per heavy atom. The first-order valence-corrected chi connectivity index (χ1v) is 12.0. The SMILES string of the molecule is Cc1ccc(C(C)NC(=O)c2ccc(C)c(S(=O)(=O)Nc3ccc(C)c(C)c3)c2)c(C)c1. The Bertz CT molecular complexity index is 1280. The van der Waals surface area contributed by atoms with Crippen molar-refractivity contribution in [3.8, 4) is 0 Å². The zero-order valence-corrected chi connectivity index (χ0v) is 20.2. The van der Waals surface area contributed by atoms with Gasteiger partial charge in [-0.2, -0.15) is 0 Å². The Morgan fingerprint density at radius 1 is 0.781 bits per heavy atom. The molecule has 3 rings (SSSR count). The van der Waals surface area contributed by atoms with Crippen molar-refractivity contribution in [2.24, 2.45) is 0 Å². The largest absolute Gasteiger partial charge is 0.346 e. The normalized spacial score (nSPS) is 12.3. The predicted octanol–water partition coefficient (Wildman–Crippen LogP) is 5.52. The lowest BCUT2D eigenvalue weighted by molar-refractivity contribution is 0.0939. The van der Waals surface area contributed by atoms with Gasteiger partial charge < -0.3 is 5.32 Å². The molecular weight excluding hydrogens is 420 g/mol. The number of hydrogen-bond donors (Lipinski definition) is 2. The molecule has 1 amide bonds. The lowest BCUT2D eigenvalue weighted by Gasteiger charge is -2.18. The molecule has 0 radical (unpaired) electrons. The average molecular weight is 451 g/mol. The Labute approximate surface area is 190 Å². The fourth-order valence-electron chi connectivity index (χ4n) is 3.72. The van der Waals surface area contributed by atoms with Crippen LogP contribution in [0.5, 0.6) is 0 Å². The fraction of sp³-hybridized carbons (Fsp3) is 0.269. The first kappa shape index (κ1) is 23.5. The van der Waals surface area contributed by atoms with Gasteiger partial charge in [0.2, 0.25) is 0 Å². The van der Waals surface area contributed by atoms with Gasteiger partial charge in [0.25, 0.3) is 15.9 Å². The van der Waals surface area contributed by atoms with E-state index in [2.05, 4.69) is 16.1 Å². The van der Waals surface area contributed by atoms with Crippen molar-refractivity contribution >= 4 is 21.6 Å². The molecular formula is C26H30N2O3S. The number of carbonyl (C=O) groups excluding carboxylic acids is 1. The van der Waals surface area contributed by atoms with Crippen molar-refractivity contribution in [2.75, 3.05) is 4.72 Å². The van der Waals surface area contributed by atoms with E-state index in [9.17, 15) is 13.2 Å². The summed E-state index contributed by atoms with van der Waals surface area (Å²) in [5.41, 5.74) is 6.73. The molecule has 0 bridgehead atoms. The molecule has 0 aliphatic carbocycles. The monoisotopic (exact) mass is 450 g/mol. The first-order chi connectivity index (χ1) is 15.0. The second-order valence-corrected chi connectivity index (χ2v) is 10.1. The summed E-state index contributed by atoms with van der Waals surface area (Å²) in [6, 6.07) is 16.0. The first-order valence-electron chi connectivity index (χ1n) is 10.6. The number of hydrogen-bond acceptors (Lipinski definition) is 3. The molecule has 0 aliphatic heterocycles.